The predicted molar refractivity (Wildman–Crippen MR) is 63.6 cm³/mol. The van der Waals surface area contributed by atoms with E-state index in [9.17, 15) is 9.59 Å². The lowest BCUT2D eigenvalue weighted by atomic mass is 10.4. The third kappa shape index (κ3) is 4.38. The molecule has 0 fully saturated rings. The van der Waals surface area contributed by atoms with E-state index < -0.39 is 11.5 Å². The first kappa shape index (κ1) is 14.0. The molecule has 1 aromatic heterocycles. The molecule has 0 atom stereocenters. The van der Waals surface area contributed by atoms with Gasteiger partial charge in [0.2, 0.25) is 0 Å². The number of rotatable bonds is 5. The second kappa shape index (κ2) is 6.64. The quantitative estimate of drug-likeness (QED) is 0.603. The lowest BCUT2D eigenvalue weighted by Crippen LogP contribution is -2.25. The highest BCUT2D eigenvalue weighted by atomic mass is 35.5. The van der Waals surface area contributed by atoms with Gasteiger partial charge in [-0.1, -0.05) is 23.2 Å². The van der Waals surface area contributed by atoms with Crippen LogP contribution in [0.15, 0.2) is 17.1 Å². The molecule has 0 amide bonds. The first-order chi connectivity index (χ1) is 8.04. The average Bonchev–Trinajstić information content (AvgIpc) is 2.25. The standard InChI is InChI=1S/C10H11Cl2NO4/c1-16-2-3-17-9(14)6-13-5-7(11)4-8(12)10(13)15/h4-5H,2-3,6H2,1H3. The van der Waals surface area contributed by atoms with Crippen molar-refractivity contribution in [2.75, 3.05) is 20.3 Å². The van der Waals surface area contributed by atoms with E-state index in [-0.39, 0.29) is 23.2 Å². The van der Waals surface area contributed by atoms with Gasteiger partial charge >= 0.3 is 5.97 Å². The molecule has 0 aliphatic carbocycles. The monoisotopic (exact) mass is 279 g/mol. The summed E-state index contributed by atoms with van der Waals surface area (Å²) >= 11 is 11.4. The highest BCUT2D eigenvalue weighted by molar-refractivity contribution is 6.34. The molecule has 0 spiro atoms. The molecule has 1 aromatic rings. The smallest absolute Gasteiger partial charge is 0.326 e. The maximum absolute atomic E-state index is 11.5. The number of carbonyl (C=O) groups excluding carboxylic acids is 1. The van der Waals surface area contributed by atoms with E-state index in [1.165, 1.54) is 19.4 Å². The van der Waals surface area contributed by atoms with Gasteiger partial charge in [-0.3, -0.25) is 9.59 Å². The van der Waals surface area contributed by atoms with Crippen LogP contribution in [0, 0.1) is 0 Å². The number of hydrogen-bond donors (Lipinski definition) is 0. The van der Waals surface area contributed by atoms with Gasteiger partial charge in [0.05, 0.1) is 11.6 Å². The van der Waals surface area contributed by atoms with Crippen molar-refractivity contribution in [3.05, 3.63) is 32.7 Å². The minimum atomic E-state index is -0.553. The maximum atomic E-state index is 11.5. The third-order valence-electron chi connectivity index (χ3n) is 1.86. The summed E-state index contributed by atoms with van der Waals surface area (Å²) in [5.74, 6) is -0.553. The zero-order valence-electron chi connectivity index (χ0n) is 9.11. The van der Waals surface area contributed by atoms with Gasteiger partial charge < -0.3 is 14.0 Å². The highest BCUT2D eigenvalue weighted by Crippen LogP contribution is 2.11. The second-order valence-electron chi connectivity index (χ2n) is 3.15. The molecular formula is C10H11Cl2NO4. The molecule has 0 saturated carbocycles. The Morgan fingerprint density at radius 1 is 1.41 bits per heavy atom. The van der Waals surface area contributed by atoms with Gasteiger partial charge in [0, 0.05) is 13.3 Å². The van der Waals surface area contributed by atoms with Crippen molar-refractivity contribution in [3.63, 3.8) is 0 Å². The zero-order chi connectivity index (χ0) is 12.8. The van der Waals surface area contributed by atoms with Crippen molar-refractivity contribution >= 4 is 29.2 Å². The van der Waals surface area contributed by atoms with Crippen LogP contribution in [0.5, 0.6) is 0 Å². The van der Waals surface area contributed by atoms with Crippen molar-refractivity contribution in [2.24, 2.45) is 0 Å². The molecule has 0 aliphatic rings. The van der Waals surface area contributed by atoms with Crippen LogP contribution >= 0.6 is 23.2 Å². The number of hydrogen-bond acceptors (Lipinski definition) is 4. The van der Waals surface area contributed by atoms with Crippen LogP contribution in [-0.4, -0.2) is 30.9 Å². The van der Waals surface area contributed by atoms with Crippen molar-refractivity contribution < 1.29 is 14.3 Å². The molecule has 1 heterocycles. The molecule has 0 aliphatic heterocycles. The summed E-state index contributed by atoms with van der Waals surface area (Å²) in [5.41, 5.74) is -0.486. The first-order valence-electron chi connectivity index (χ1n) is 4.74. The average molecular weight is 280 g/mol. The molecule has 0 bridgehead atoms. The minimum absolute atomic E-state index is 0.0396. The molecule has 0 radical (unpaired) electrons. The summed E-state index contributed by atoms with van der Waals surface area (Å²) in [6, 6.07) is 1.32. The Morgan fingerprint density at radius 3 is 2.76 bits per heavy atom. The number of pyridine rings is 1. The Kier molecular flexibility index (Phi) is 5.47. The Morgan fingerprint density at radius 2 is 2.12 bits per heavy atom. The fraction of sp³-hybridized carbons (Fsp3) is 0.400. The predicted octanol–water partition coefficient (Wildman–Crippen LogP) is 1.34. The summed E-state index contributed by atoms with van der Waals surface area (Å²) < 4.78 is 10.6. The highest BCUT2D eigenvalue weighted by Gasteiger charge is 2.09. The van der Waals surface area contributed by atoms with E-state index in [0.717, 1.165) is 4.57 Å². The van der Waals surface area contributed by atoms with E-state index in [1.807, 2.05) is 0 Å². The second-order valence-corrected chi connectivity index (χ2v) is 4.00. The minimum Gasteiger partial charge on any atom is -0.462 e. The summed E-state index contributed by atoms with van der Waals surface area (Å²) in [6.07, 6.45) is 1.33. The van der Waals surface area contributed by atoms with Gasteiger partial charge in [0.1, 0.15) is 18.2 Å². The lowest BCUT2D eigenvalue weighted by molar-refractivity contribution is -0.145. The van der Waals surface area contributed by atoms with Crippen molar-refractivity contribution in [2.45, 2.75) is 6.54 Å². The fourth-order valence-electron chi connectivity index (χ4n) is 1.11. The Labute approximate surface area is 108 Å². The van der Waals surface area contributed by atoms with E-state index in [1.54, 1.807) is 0 Å². The van der Waals surface area contributed by atoms with Gasteiger partial charge in [-0.25, -0.2) is 0 Å². The van der Waals surface area contributed by atoms with Crippen LogP contribution in [0.1, 0.15) is 0 Å². The molecule has 17 heavy (non-hydrogen) atoms. The molecular weight excluding hydrogens is 269 g/mol. The van der Waals surface area contributed by atoms with Crippen LogP contribution in [0.3, 0.4) is 0 Å². The number of ether oxygens (including phenoxy) is 2. The van der Waals surface area contributed by atoms with Crippen LogP contribution < -0.4 is 5.56 Å². The summed E-state index contributed by atoms with van der Waals surface area (Å²) in [6.45, 7) is 0.206. The first-order valence-corrected chi connectivity index (χ1v) is 5.50. The van der Waals surface area contributed by atoms with Crippen LogP contribution in [-0.2, 0) is 20.8 Å². The molecule has 0 aromatic carbocycles. The van der Waals surface area contributed by atoms with Gasteiger partial charge in [0.25, 0.3) is 5.56 Å². The number of aromatic nitrogens is 1. The normalized spacial score (nSPS) is 10.3. The van der Waals surface area contributed by atoms with E-state index >= 15 is 0 Å². The van der Waals surface area contributed by atoms with Crippen molar-refractivity contribution in [1.29, 1.82) is 0 Å². The number of esters is 1. The molecule has 7 heteroatoms. The van der Waals surface area contributed by atoms with Crippen LogP contribution in [0.2, 0.25) is 10.0 Å². The maximum Gasteiger partial charge on any atom is 0.326 e. The number of nitrogens with zero attached hydrogens (tertiary/aromatic N) is 1. The van der Waals surface area contributed by atoms with Crippen LogP contribution in [0.25, 0.3) is 0 Å². The zero-order valence-corrected chi connectivity index (χ0v) is 10.6. The van der Waals surface area contributed by atoms with Gasteiger partial charge in [-0.05, 0) is 6.07 Å². The number of methoxy groups -OCH3 is 1. The van der Waals surface area contributed by atoms with Crippen molar-refractivity contribution in [3.8, 4) is 0 Å². The van der Waals surface area contributed by atoms with Gasteiger partial charge in [-0.2, -0.15) is 0 Å². The van der Waals surface area contributed by atoms with E-state index in [4.69, 9.17) is 32.7 Å². The van der Waals surface area contributed by atoms with Crippen molar-refractivity contribution in [1.82, 2.24) is 4.57 Å². The molecule has 5 nitrogen and oxygen atoms in total. The molecule has 0 unspecified atom stereocenters. The number of carbonyl (C=O) groups is 1. The van der Waals surface area contributed by atoms with Gasteiger partial charge in [0.15, 0.2) is 0 Å². The molecule has 0 N–H and O–H groups in total. The summed E-state index contributed by atoms with van der Waals surface area (Å²) in [4.78, 5) is 22.9. The Hall–Kier alpha value is -1.04. The van der Waals surface area contributed by atoms with E-state index in [2.05, 4.69) is 0 Å². The fourth-order valence-corrected chi connectivity index (χ4v) is 1.61. The summed E-state index contributed by atoms with van der Waals surface area (Å²) in [5, 5.41) is 0.237. The van der Waals surface area contributed by atoms with E-state index in [0.29, 0.717) is 6.61 Å². The lowest BCUT2D eigenvalue weighted by Gasteiger charge is -2.07. The molecule has 94 valence electrons. The Balaban J connectivity index is 2.68. The SMILES string of the molecule is COCCOC(=O)Cn1cc(Cl)cc(Cl)c1=O. The molecule has 0 saturated heterocycles. The Bertz CT molecular complexity index is 458. The van der Waals surface area contributed by atoms with Crippen LogP contribution in [0.4, 0.5) is 0 Å². The summed E-state index contributed by atoms with van der Waals surface area (Å²) in [7, 11) is 1.50. The number of halogens is 2. The third-order valence-corrected chi connectivity index (χ3v) is 2.34. The topological polar surface area (TPSA) is 57.5 Å². The molecule has 1 rings (SSSR count). The largest absolute Gasteiger partial charge is 0.462 e. The van der Waals surface area contributed by atoms with Gasteiger partial charge in [-0.15, -0.1) is 0 Å².